The topological polar surface area (TPSA) is 41.1 Å². The number of hydrogen-bond donors (Lipinski definition) is 2. The van der Waals surface area contributed by atoms with Crippen LogP contribution in [0.3, 0.4) is 0 Å². The van der Waals surface area contributed by atoms with E-state index in [1.807, 2.05) is 0 Å². The lowest BCUT2D eigenvalue weighted by Crippen LogP contribution is -2.46. The molecule has 2 rings (SSSR count). The molecule has 4 heteroatoms. The Morgan fingerprint density at radius 1 is 1.43 bits per heavy atom. The summed E-state index contributed by atoms with van der Waals surface area (Å²) in [6.07, 6.45) is 5.29. The Bertz CT molecular complexity index is 279. The molecule has 2 unspecified atom stereocenters. The van der Waals surface area contributed by atoms with Crippen LogP contribution in [0.2, 0.25) is 0 Å². The van der Waals surface area contributed by atoms with Gasteiger partial charge < -0.3 is 10.6 Å². The van der Waals surface area contributed by atoms with E-state index in [-0.39, 0.29) is 11.4 Å². The molecule has 2 fully saturated rings. The average Bonchev–Trinajstić information content (AvgIpc) is 2.31. The van der Waals surface area contributed by atoms with E-state index in [9.17, 15) is 4.79 Å². The van der Waals surface area contributed by atoms with Crippen molar-refractivity contribution in [3.8, 4) is 0 Å². The summed E-state index contributed by atoms with van der Waals surface area (Å²) in [5.74, 6) is 0.815. The van der Waals surface area contributed by atoms with E-state index in [1.165, 1.54) is 6.42 Å². The number of thiocarbonyl (C=S) groups is 1. The van der Waals surface area contributed by atoms with Gasteiger partial charge in [-0.1, -0.05) is 19.8 Å². The number of carbonyl (C=O) groups is 1. The molecule has 2 atom stereocenters. The summed E-state index contributed by atoms with van der Waals surface area (Å²) in [5, 5.41) is 6.36. The molecule has 1 aliphatic heterocycles. The van der Waals surface area contributed by atoms with Crippen LogP contribution >= 0.6 is 12.2 Å². The Morgan fingerprint density at radius 3 is 2.86 bits per heavy atom. The fourth-order valence-electron chi connectivity index (χ4n) is 2.39. The van der Waals surface area contributed by atoms with Crippen molar-refractivity contribution < 1.29 is 4.79 Å². The van der Waals surface area contributed by atoms with Crippen LogP contribution < -0.4 is 10.6 Å². The molecule has 1 saturated carbocycles. The molecule has 78 valence electrons. The fraction of sp³-hybridized carbons (Fsp3) is 0.800. The van der Waals surface area contributed by atoms with Crippen molar-refractivity contribution in [2.75, 3.05) is 0 Å². The predicted octanol–water partition coefficient (Wildman–Crippen LogP) is 1.33. The molecular weight excluding hydrogens is 196 g/mol. The van der Waals surface area contributed by atoms with E-state index in [0.29, 0.717) is 5.11 Å². The van der Waals surface area contributed by atoms with Gasteiger partial charge in [0.2, 0.25) is 0 Å². The summed E-state index contributed by atoms with van der Waals surface area (Å²) in [6.45, 7) is 2.25. The van der Waals surface area contributed by atoms with Crippen molar-refractivity contribution in [2.45, 2.75) is 44.6 Å². The van der Waals surface area contributed by atoms with E-state index in [1.54, 1.807) is 0 Å². The van der Waals surface area contributed by atoms with Gasteiger partial charge in [0.1, 0.15) is 5.54 Å². The second-order valence-electron chi connectivity index (χ2n) is 4.53. The highest BCUT2D eigenvalue weighted by molar-refractivity contribution is 7.80. The maximum absolute atomic E-state index is 11.8. The second-order valence-corrected chi connectivity index (χ2v) is 4.93. The zero-order chi connectivity index (χ0) is 10.2. The third-order valence-electron chi connectivity index (χ3n) is 3.38. The molecule has 2 N–H and O–H groups in total. The standard InChI is InChI=1S/C10H16N2OS/c1-7-3-2-5-10(6-4-7)8(13)11-9(14)12-10/h7H,2-6H2,1H3,(H2,11,12,13,14). The first-order chi connectivity index (χ1) is 6.62. The van der Waals surface area contributed by atoms with Crippen LogP contribution in [0, 0.1) is 5.92 Å². The lowest BCUT2D eigenvalue weighted by molar-refractivity contribution is -0.124. The maximum Gasteiger partial charge on any atom is 0.251 e. The quantitative estimate of drug-likeness (QED) is 0.595. The molecule has 1 amide bonds. The molecule has 2 aliphatic rings. The Balaban J connectivity index is 2.15. The van der Waals surface area contributed by atoms with Gasteiger partial charge in [-0.3, -0.25) is 4.79 Å². The van der Waals surface area contributed by atoms with E-state index in [4.69, 9.17) is 12.2 Å². The van der Waals surface area contributed by atoms with Gasteiger partial charge in [-0.25, -0.2) is 0 Å². The smallest absolute Gasteiger partial charge is 0.251 e. The molecule has 0 radical (unpaired) electrons. The van der Waals surface area contributed by atoms with Gasteiger partial charge >= 0.3 is 0 Å². The molecular formula is C10H16N2OS. The Hall–Kier alpha value is -0.640. The maximum atomic E-state index is 11.8. The third-order valence-corrected chi connectivity index (χ3v) is 3.58. The van der Waals surface area contributed by atoms with Crippen molar-refractivity contribution in [1.82, 2.24) is 10.6 Å². The van der Waals surface area contributed by atoms with E-state index in [2.05, 4.69) is 17.6 Å². The highest BCUT2D eigenvalue weighted by atomic mass is 32.1. The molecule has 1 heterocycles. The van der Waals surface area contributed by atoms with E-state index < -0.39 is 0 Å². The Labute approximate surface area is 89.6 Å². The zero-order valence-electron chi connectivity index (χ0n) is 8.43. The van der Waals surface area contributed by atoms with Crippen LogP contribution in [-0.4, -0.2) is 16.6 Å². The summed E-state index contributed by atoms with van der Waals surface area (Å²) in [4.78, 5) is 11.8. The molecule has 1 spiro atoms. The Kier molecular flexibility index (Phi) is 2.47. The number of rotatable bonds is 0. The van der Waals surface area contributed by atoms with Crippen LogP contribution in [-0.2, 0) is 4.79 Å². The molecule has 0 bridgehead atoms. The number of carbonyl (C=O) groups excluding carboxylic acids is 1. The number of nitrogens with one attached hydrogen (secondary N) is 2. The second kappa shape index (κ2) is 3.50. The summed E-state index contributed by atoms with van der Waals surface area (Å²) in [5.41, 5.74) is -0.373. The van der Waals surface area contributed by atoms with Crippen LogP contribution in [0.5, 0.6) is 0 Å². The predicted molar refractivity (Wildman–Crippen MR) is 58.9 cm³/mol. The first kappa shape index (κ1) is 9.90. The molecule has 3 nitrogen and oxygen atoms in total. The zero-order valence-corrected chi connectivity index (χ0v) is 9.25. The van der Waals surface area contributed by atoms with Gasteiger partial charge in [-0.2, -0.15) is 0 Å². The molecule has 1 aliphatic carbocycles. The Morgan fingerprint density at radius 2 is 2.21 bits per heavy atom. The van der Waals surface area contributed by atoms with Crippen LogP contribution in [0.4, 0.5) is 0 Å². The van der Waals surface area contributed by atoms with Crippen molar-refractivity contribution >= 4 is 23.2 Å². The van der Waals surface area contributed by atoms with Gasteiger partial charge in [0.15, 0.2) is 5.11 Å². The van der Waals surface area contributed by atoms with E-state index in [0.717, 1.165) is 31.6 Å². The lowest BCUT2D eigenvalue weighted by atomic mass is 9.90. The monoisotopic (exact) mass is 212 g/mol. The minimum absolute atomic E-state index is 0.0802. The van der Waals surface area contributed by atoms with E-state index >= 15 is 0 Å². The van der Waals surface area contributed by atoms with Crippen molar-refractivity contribution in [3.05, 3.63) is 0 Å². The van der Waals surface area contributed by atoms with Gasteiger partial charge in [-0.05, 0) is 37.4 Å². The molecule has 1 saturated heterocycles. The normalized spacial score (nSPS) is 37.9. The summed E-state index contributed by atoms with van der Waals surface area (Å²) < 4.78 is 0. The number of hydrogen-bond acceptors (Lipinski definition) is 2. The first-order valence-corrected chi connectivity index (χ1v) is 5.67. The molecule has 0 aromatic heterocycles. The fourth-order valence-corrected chi connectivity index (χ4v) is 2.68. The first-order valence-electron chi connectivity index (χ1n) is 5.26. The van der Waals surface area contributed by atoms with Crippen LogP contribution in [0.1, 0.15) is 39.0 Å². The molecule has 0 aromatic rings. The van der Waals surface area contributed by atoms with Crippen molar-refractivity contribution in [3.63, 3.8) is 0 Å². The van der Waals surface area contributed by atoms with Gasteiger partial charge in [0, 0.05) is 0 Å². The molecule has 0 aromatic carbocycles. The molecule has 14 heavy (non-hydrogen) atoms. The van der Waals surface area contributed by atoms with Crippen molar-refractivity contribution in [1.29, 1.82) is 0 Å². The number of amides is 1. The minimum Gasteiger partial charge on any atom is -0.348 e. The summed E-state index contributed by atoms with van der Waals surface area (Å²) in [6, 6.07) is 0. The van der Waals surface area contributed by atoms with Crippen LogP contribution in [0.15, 0.2) is 0 Å². The summed E-state index contributed by atoms with van der Waals surface area (Å²) in [7, 11) is 0. The van der Waals surface area contributed by atoms with Gasteiger partial charge in [0.05, 0.1) is 0 Å². The van der Waals surface area contributed by atoms with Gasteiger partial charge in [-0.15, -0.1) is 0 Å². The largest absolute Gasteiger partial charge is 0.348 e. The lowest BCUT2D eigenvalue weighted by Gasteiger charge is -2.24. The van der Waals surface area contributed by atoms with Gasteiger partial charge in [0.25, 0.3) is 5.91 Å². The van der Waals surface area contributed by atoms with Crippen LogP contribution in [0.25, 0.3) is 0 Å². The average molecular weight is 212 g/mol. The highest BCUT2D eigenvalue weighted by Crippen LogP contribution is 2.32. The third kappa shape index (κ3) is 1.63. The summed E-state index contributed by atoms with van der Waals surface area (Å²) >= 11 is 4.98. The SMILES string of the molecule is CC1CCCC2(CC1)NC(=S)NC2=O. The minimum atomic E-state index is -0.373. The van der Waals surface area contributed by atoms with Crippen molar-refractivity contribution in [2.24, 2.45) is 5.92 Å². The highest BCUT2D eigenvalue weighted by Gasteiger charge is 2.44.